The number of hydrogen-bond donors (Lipinski definition) is 1. The minimum absolute atomic E-state index is 0.263. The molecule has 0 fully saturated rings. The second kappa shape index (κ2) is 6.04. The molecule has 1 amide bonds. The average molecular weight is 321 g/mol. The third-order valence-corrected chi connectivity index (χ3v) is 4.09. The molecule has 0 spiro atoms. The molecule has 1 heterocycles. The van der Waals surface area contributed by atoms with Crippen LogP contribution in [-0.2, 0) is 6.42 Å². The van der Waals surface area contributed by atoms with Gasteiger partial charge in [-0.25, -0.2) is 13.2 Å². The van der Waals surface area contributed by atoms with Gasteiger partial charge in [-0.1, -0.05) is 24.3 Å². The fourth-order valence-corrected chi connectivity index (χ4v) is 2.93. The number of rotatable bonds is 2. The first-order chi connectivity index (χ1) is 11.0. The molecule has 0 aliphatic carbocycles. The summed E-state index contributed by atoms with van der Waals surface area (Å²) < 4.78 is 40.2. The Bertz CT molecular complexity index is 763. The van der Waals surface area contributed by atoms with Gasteiger partial charge in [0.1, 0.15) is 5.82 Å². The van der Waals surface area contributed by atoms with Gasteiger partial charge < -0.3 is 10.0 Å². The van der Waals surface area contributed by atoms with Crippen molar-refractivity contribution in [2.75, 3.05) is 13.2 Å². The second-order valence-corrected chi connectivity index (χ2v) is 5.39. The number of aliphatic hydroxyl groups is 1. The number of fused-ring (bicyclic) bond motifs is 1. The third kappa shape index (κ3) is 2.70. The van der Waals surface area contributed by atoms with E-state index in [1.54, 1.807) is 12.1 Å². The molecule has 0 radical (unpaired) electrons. The van der Waals surface area contributed by atoms with Gasteiger partial charge in [-0.05, 0) is 23.6 Å². The standard InChI is InChI=1S/C17H14F3NO2/c18-13-8-15(20)14(19)7-12(13)17(23)21-6-5-10-3-1-2-4-11(10)16(21)9-22/h1-4,7-8,16,22H,5-6,9H2/t16-/m1/s1. The molecular weight excluding hydrogens is 307 g/mol. The molecule has 1 aliphatic heterocycles. The lowest BCUT2D eigenvalue weighted by atomic mass is 9.92. The topological polar surface area (TPSA) is 40.5 Å². The van der Waals surface area contributed by atoms with Crippen LogP contribution in [0.3, 0.4) is 0 Å². The van der Waals surface area contributed by atoms with E-state index in [-0.39, 0.29) is 13.2 Å². The van der Waals surface area contributed by atoms with Crippen LogP contribution in [0.5, 0.6) is 0 Å². The number of aliphatic hydroxyl groups excluding tert-OH is 1. The summed E-state index contributed by atoms with van der Waals surface area (Å²) in [6.07, 6.45) is 0.545. The Labute approximate surface area is 131 Å². The van der Waals surface area contributed by atoms with Crippen LogP contribution in [0.15, 0.2) is 36.4 Å². The number of nitrogens with zero attached hydrogens (tertiary/aromatic N) is 1. The average Bonchev–Trinajstić information content (AvgIpc) is 2.56. The first kappa shape index (κ1) is 15.6. The summed E-state index contributed by atoms with van der Waals surface area (Å²) >= 11 is 0. The van der Waals surface area contributed by atoms with E-state index in [4.69, 9.17) is 0 Å². The van der Waals surface area contributed by atoms with Gasteiger partial charge in [0.15, 0.2) is 11.6 Å². The van der Waals surface area contributed by atoms with E-state index in [0.717, 1.165) is 11.1 Å². The zero-order valence-electron chi connectivity index (χ0n) is 12.1. The van der Waals surface area contributed by atoms with Crippen molar-refractivity contribution in [3.05, 3.63) is 70.5 Å². The van der Waals surface area contributed by atoms with Gasteiger partial charge in [0.25, 0.3) is 5.91 Å². The Kier molecular flexibility index (Phi) is 4.09. The van der Waals surface area contributed by atoms with Crippen LogP contribution in [0.25, 0.3) is 0 Å². The fraction of sp³-hybridized carbons (Fsp3) is 0.235. The van der Waals surface area contributed by atoms with Crippen molar-refractivity contribution < 1.29 is 23.1 Å². The number of carbonyl (C=O) groups is 1. The molecule has 1 N–H and O–H groups in total. The summed E-state index contributed by atoms with van der Waals surface area (Å²) in [5.74, 6) is -4.52. The van der Waals surface area contributed by atoms with Gasteiger partial charge in [-0.2, -0.15) is 0 Å². The molecule has 0 bridgehead atoms. The number of carbonyl (C=O) groups excluding carboxylic acids is 1. The van der Waals surface area contributed by atoms with Crippen molar-refractivity contribution in [3.63, 3.8) is 0 Å². The minimum Gasteiger partial charge on any atom is -0.394 e. The van der Waals surface area contributed by atoms with E-state index in [1.165, 1.54) is 4.90 Å². The van der Waals surface area contributed by atoms with E-state index >= 15 is 0 Å². The highest BCUT2D eigenvalue weighted by Crippen LogP contribution is 2.31. The molecule has 2 aromatic rings. The van der Waals surface area contributed by atoms with E-state index in [2.05, 4.69) is 0 Å². The zero-order valence-corrected chi connectivity index (χ0v) is 12.1. The molecule has 0 saturated heterocycles. The molecule has 23 heavy (non-hydrogen) atoms. The van der Waals surface area contributed by atoms with Crippen LogP contribution in [-0.4, -0.2) is 29.1 Å². The van der Waals surface area contributed by atoms with Crippen molar-refractivity contribution >= 4 is 5.91 Å². The Balaban J connectivity index is 1.99. The van der Waals surface area contributed by atoms with Gasteiger partial charge >= 0.3 is 0 Å². The summed E-state index contributed by atoms with van der Waals surface area (Å²) in [4.78, 5) is 13.8. The molecule has 3 rings (SSSR count). The first-order valence-electron chi connectivity index (χ1n) is 7.17. The molecule has 120 valence electrons. The van der Waals surface area contributed by atoms with Crippen LogP contribution in [0.4, 0.5) is 13.2 Å². The Morgan fingerprint density at radius 2 is 1.83 bits per heavy atom. The highest BCUT2D eigenvalue weighted by molar-refractivity contribution is 5.95. The third-order valence-electron chi connectivity index (χ3n) is 4.09. The Morgan fingerprint density at radius 1 is 1.13 bits per heavy atom. The van der Waals surface area contributed by atoms with Gasteiger partial charge in [0.2, 0.25) is 0 Å². The number of amides is 1. The monoisotopic (exact) mass is 321 g/mol. The molecule has 3 nitrogen and oxygen atoms in total. The van der Waals surface area contributed by atoms with E-state index < -0.39 is 35.0 Å². The normalized spacial score (nSPS) is 17.0. The largest absolute Gasteiger partial charge is 0.394 e. The summed E-state index contributed by atoms with van der Waals surface area (Å²) in [5, 5.41) is 9.65. The summed E-state index contributed by atoms with van der Waals surface area (Å²) in [7, 11) is 0. The van der Waals surface area contributed by atoms with Crippen molar-refractivity contribution in [1.29, 1.82) is 0 Å². The molecule has 1 atom stereocenters. The molecule has 0 unspecified atom stereocenters. The lowest BCUT2D eigenvalue weighted by Crippen LogP contribution is -2.42. The number of halogens is 3. The molecule has 1 aliphatic rings. The molecular formula is C17H14F3NO2. The number of benzene rings is 2. The maximum absolute atomic E-state index is 13.8. The van der Waals surface area contributed by atoms with E-state index in [1.807, 2.05) is 12.1 Å². The van der Waals surface area contributed by atoms with E-state index in [0.29, 0.717) is 18.6 Å². The summed E-state index contributed by atoms with van der Waals surface area (Å²) in [5.41, 5.74) is 1.24. The summed E-state index contributed by atoms with van der Waals surface area (Å²) in [6.45, 7) is -0.0758. The molecule has 0 saturated carbocycles. The maximum Gasteiger partial charge on any atom is 0.257 e. The maximum atomic E-state index is 13.8. The molecule has 2 aromatic carbocycles. The van der Waals surface area contributed by atoms with Gasteiger partial charge in [-0.15, -0.1) is 0 Å². The van der Waals surface area contributed by atoms with Crippen LogP contribution in [0.2, 0.25) is 0 Å². The lowest BCUT2D eigenvalue weighted by molar-refractivity contribution is 0.0563. The lowest BCUT2D eigenvalue weighted by Gasteiger charge is -2.36. The molecule has 0 aromatic heterocycles. The Morgan fingerprint density at radius 3 is 2.57 bits per heavy atom. The van der Waals surface area contributed by atoms with Gasteiger partial charge in [0, 0.05) is 12.6 Å². The Hall–Kier alpha value is -2.34. The highest BCUT2D eigenvalue weighted by Gasteiger charge is 2.32. The van der Waals surface area contributed by atoms with Crippen LogP contribution in [0, 0.1) is 17.5 Å². The fourth-order valence-electron chi connectivity index (χ4n) is 2.93. The van der Waals surface area contributed by atoms with Crippen LogP contribution >= 0.6 is 0 Å². The SMILES string of the molecule is O=C(c1cc(F)c(F)cc1F)N1CCc2ccccc2[C@H]1CO. The van der Waals surface area contributed by atoms with Crippen molar-refractivity contribution in [2.24, 2.45) is 0 Å². The predicted octanol–water partition coefficient (Wildman–Crippen LogP) is 2.84. The smallest absolute Gasteiger partial charge is 0.257 e. The highest BCUT2D eigenvalue weighted by atomic mass is 19.2. The zero-order chi connectivity index (χ0) is 16.6. The van der Waals surface area contributed by atoms with Crippen LogP contribution < -0.4 is 0 Å². The molecule has 6 heteroatoms. The van der Waals surface area contributed by atoms with Crippen LogP contribution in [0.1, 0.15) is 27.5 Å². The number of hydrogen-bond acceptors (Lipinski definition) is 2. The second-order valence-electron chi connectivity index (χ2n) is 5.39. The van der Waals surface area contributed by atoms with Crippen molar-refractivity contribution in [3.8, 4) is 0 Å². The van der Waals surface area contributed by atoms with Gasteiger partial charge in [-0.3, -0.25) is 4.79 Å². The van der Waals surface area contributed by atoms with Gasteiger partial charge in [0.05, 0.1) is 18.2 Å². The first-order valence-corrected chi connectivity index (χ1v) is 7.17. The van der Waals surface area contributed by atoms with Crippen molar-refractivity contribution in [1.82, 2.24) is 4.90 Å². The quantitative estimate of drug-likeness (QED) is 0.864. The minimum atomic E-state index is -1.35. The van der Waals surface area contributed by atoms with E-state index in [9.17, 15) is 23.1 Å². The summed E-state index contributed by atoms with van der Waals surface area (Å²) in [6, 6.07) is 7.61. The van der Waals surface area contributed by atoms with Crippen molar-refractivity contribution in [2.45, 2.75) is 12.5 Å². The predicted molar refractivity (Wildman–Crippen MR) is 77.3 cm³/mol.